The lowest BCUT2D eigenvalue weighted by Crippen LogP contribution is -2.14. The van der Waals surface area contributed by atoms with Crippen LogP contribution in [0.3, 0.4) is 0 Å². The van der Waals surface area contributed by atoms with Gasteiger partial charge in [0.05, 0.1) is 0 Å². The van der Waals surface area contributed by atoms with Crippen LogP contribution in [0.5, 0.6) is 17.2 Å². The summed E-state index contributed by atoms with van der Waals surface area (Å²) >= 11 is 0. The van der Waals surface area contributed by atoms with Gasteiger partial charge in [0.1, 0.15) is 17.9 Å². The second-order valence-electron chi connectivity index (χ2n) is 5.33. The van der Waals surface area contributed by atoms with Crippen LogP contribution in [0, 0.1) is 0 Å². The molecule has 4 heteroatoms. The molecule has 0 aliphatic carbocycles. The molecule has 0 atom stereocenters. The first-order valence-corrected chi connectivity index (χ1v) is 7.01. The predicted molar refractivity (Wildman–Crippen MR) is 83.4 cm³/mol. The molecule has 3 rings (SSSR count). The molecule has 0 saturated heterocycles. The van der Waals surface area contributed by atoms with Crippen molar-refractivity contribution in [1.29, 1.82) is 0 Å². The molecule has 0 saturated carbocycles. The molecule has 0 amide bonds. The highest BCUT2D eigenvalue weighted by molar-refractivity contribution is 5.91. The van der Waals surface area contributed by atoms with Crippen molar-refractivity contribution < 1.29 is 19.7 Å². The summed E-state index contributed by atoms with van der Waals surface area (Å²) in [5.41, 5.74) is 3.86. The maximum Gasteiger partial charge on any atom is 0.172 e. The average molecular weight is 296 g/mol. The predicted octanol–water partition coefficient (Wildman–Crippen LogP) is 3.32. The third kappa shape index (κ3) is 2.33. The van der Waals surface area contributed by atoms with E-state index in [0.717, 1.165) is 17.6 Å². The second-order valence-corrected chi connectivity index (χ2v) is 5.33. The van der Waals surface area contributed by atoms with E-state index in [4.69, 9.17) is 4.74 Å². The Morgan fingerprint density at radius 3 is 2.64 bits per heavy atom. The minimum Gasteiger partial charge on any atom is -0.504 e. The van der Waals surface area contributed by atoms with E-state index in [2.05, 4.69) is 0 Å². The number of allylic oxidation sites excluding steroid dienone is 1. The Hall–Kier alpha value is -2.75. The summed E-state index contributed by atoms with van der Waals surface area (Å²) in [6.07, 6.45) is 1.24. The quantitative estimate of drug-likeness (QED) is 0.673. The lowest BCUT2D eigenvalue weighted by Gasteiger charge is -2.24. The Morgan fingerprint density at radius 2 is 1.95 bits per heavy atom. The van der Waals surface area contributed by atoms with Crippen molar-refractivity contribution in [2.45, 2.75) is 13.3 Å². The van der Waals surface area contributed by atoms with Crippen molar-refractivity contribution in [3.8, 4) is 17.2 Å². The van der Waals surface area contributed by atoms with Gasteiger partial charge in [-0.05, 0) is 36.1 Å². The van der Waals surface area contributed by atoms with Crippen molar-refractivity contribution in [3.05, 3.63) is 58.7 Å². The number of hydrogen-bond donors (Lipinski definition) is 2. The van der Waals surface area contributed by atoms with E-state index >= 15 is 0 Å². The summed E-state index contributed by atoms with van der Waals surface area (Å²) in [6, 6.07) is 11.5. The average Bonchev–Trinajstić information content (AvgIpc) is 2.53. The Labute approximate surface area is 128 Å². The summed E-state index contributed by atoms with van der Waals surface area (Å²) < 4.78 is 5.68. The molecule has 0 aromatic heterocycles. The van der Waals surface area contributed by atoms with E-state index in [-0.39, 0.29) is 11.3 Å². The van der Waals surface area contributed by atoms with Crippen molar-refractivity contribution in [2.75, 3.05) is 6.61 Å². The van der Waals surface area contributed by atoms with Crippen LogP contribution >= 0.6 is 0 Å². The van der Waals surface area contributed by atoms with Gasteiger partial charge in [-0.3, -0.25) is 4.79 Å². The minimum absolute atomic E-state index is 0.00638. The Balaban J connectivity index is 2.07. The topological polar surface area (TPSA) is 66.8 Å². The smallest absolute Gasteiger partial charge is 0.172 e. The molecule has 2 aromatic rings. The maximum atomic E-state index is 11.2. The van der Waals surface area contributed by atoms with Gasteiger partial charge in [0.15, 0.2) is 17.8 Å². The Morgan fingerprint density at radius 1 is 1.23 bits per heavy atom. The molecule has 4 nitrogen and oxygen atoms in total. The number of aldehydes is 1. The molecule has 0 fully saturated rings. The van der Waals surface area contributed by atoms with Crippen LogP contribution < -0.4 is 4.74 Å². The fourth-order valence-electron chi connectivity index (χ4n) is 2.69. The minimum atomic E-state index is -0.437. The molecular weight excluding hydrogens is 280 g/mol. The zero-order valence-corrected chi connectivity index (χ0v) is 12.2. The van der Waals surface area contributed by atoms with Crippen molar-refractivity contribution in [1.82, 2.24) is 0 Å². The third-order valence-electron chi connectivity index (χ3n) is 3.97. The number of fused-ring (bicyclic) bond motifs is 1. The molecule has 1 heterocycles. The third-order valence-corrected chi connectivity index (χ3v) is 3.97. The van der Waals surface area contributed by atoms with Crippen LogP contribution in [0.25, 0.3) is 5.57 Å². The first-order valence-electron chi connectivity index (χ1n) is 7.01. The van der Waals surface area contributed by atoms with Gasteiger partial charge in [-0.15, -0.1) is 0 Å². The lowest BCUT2D eigenvalue weighted by molar-refractivity contribution is 0.111. The Bertz CT molecular complexity index is 760. The molecule has 0 unspecified atom stereocenters. The molecule has 22 heavy (non-hydrogen) atoms. The SMILES string of the molecule is CC1=C(Cc2ccccc2)COc2c1cc(O)c(O)c2C=O. The van der Waals surface area contributed by atoms with Gasteiger partial charge in [-0.25, -0.2) is 0 Å². The van der Waals surface area contributed by atoms with Crippen LogP contribution in [0.4, 0.5) is 0 Å². The molecule has 0 bridgehead atoms. The van der Waals surface area contributed by atoms with E-state index in [1.54, 1.807) is 0 Å². The number of rotatable bonds is 3. The van der Waals surface area contributed by atoms with Gasteiger partial charge in [0.2, 0.25) is 0 Å². The van der Waals surface area contributed by atoms with Crippen LogP contribution in [0.2, 0.25) is 0 Å². The summed E-state index contributed by atoms with van der Waals surface area (Å²) in [6.45, 7) is 2.30. The summed E-state index contributed by atoms with van der Waals surface area (Å²) in [7, 11) is 0. The van der Waals surface area contributed by atoms with Crippen LogP contribution in [0.1, 0.15) is 28.4 Å². The van der Waals surface area contributed by atoms with E-state index in [9.17, 15) is 15.0 Å². The van der Waals surface area contributed by atoms with E-state index in [0.29, 0.717) is 24.2 Å². The molecule has 0 spiro atoms. The number of hydrogen-bond acceptors (Lipinski definition) is 4. The van der Waals surface area contributed by atoms with Crippen LogP contribution in [-0.2, 0) is 6.42 Å². The molecule has 2 N–H and O–H groups in total. The molecule has 112 valence electrons. The molecule has 2 aromatic carbocycles. The fourth-order valence-corrected chi connectivity index (χ4v) is 2.69. The maximum absolute atomic E-state index is 11.2. The summed E-state index contributed by atoms with van der Waals surface area (Å²) in [5.74, 6) is -0.419. The molecule has 0 radical (unpaired) electrons. The van der Waals surface area contributed by atoms with Crippen molar-refractivity contribution in [3.63, 3.8) is 0 Å². The number of benzene rings is 2. The molecule has 1 aliphatic rings. The standard InChI is InChI=1S/C18H16O4/c1-11-13(7-12-5-3-2-4-6-12)10-22-18-14(11)8-16(20)17(21)15(18)9-19/h2-6,8-9,20-21H,7,10H2,1H3. The fraction of sp³-hybridized carbons (Fsp3) is 0.167. The van der Waals surface area contributed by atoms with E-state index in [1.807, 2.05) is 37.3 Å². The van der Waals surface area contributed by atoms with Crippen molar-refractivity contribution >= 4 is 11.9 Å². The number of carbonyl (C=O) groups excluding carboxylic acids is 1. The second kappa shape index (κ2) is 5.56. The van der Waals surface area contributed by atoms with Crippen LogP contribution in [0.15, 0.2) is 42.0 Å². The number of phenols is 2. The van der Waals surface area contributed by atoms with Gasteiger partial charge < -0.3 is 14.9 Å². The van der Waals surface area contributed by atoms with Gasteiger partial charge in [-0.2, -0.15) is 0 Å². The highest BCUT2D eigenvalue weighted by atomic mass is 16.5. The normalized spacial score (nSPS) is 13.5. The number of ether oxygens (including phenoxy) is 1. The largest absolute Gasteiger partial charge is 0.504 e. The highest BCUT2D eigenvalue weighted by Crippen LogP contribution is 2.43. The van der Waals surface area contributed by atoms with Gasteiger partial charge in [0.25, 0.3) is 0 Å². The van der Waals surface area contributed by atoms with Gasteiger partial charge in [-0.1, -0.05) is 30.3 Å². The molecular formula is C18H16O4. The zero-order valence-electron chi connectivity index (χ0n) is 12.2. The van der Waals surface area contributed by atoms with Gasteiger partial charge >= 0.3 is 0 Å². The number of carbonyl (C=O) groups is 1. The zero-order chi connectivity index (χ0) is 15.7. The van der Waals surface area contributed by atoms with E-state index < -0.39 is 5.75 Å². The van der Waals surface area contributed by atoms with Crippen molar-refractivity contribution in [2.24, 2.45) is 0 Å². The number of phenolic OH excluding ortho intramolecular Hbond substituents is 2. The monoisotopic (exact) mass is 296 g/mol. The highest BCUT2D eigenvalue weighted by Gasteiger charge is 2.24. The summed E-state index contributed by atoms with van der Waals surface area (Å²) in [5, 5.41) is 19.6. The first kappa shape index (κ1) is 14.2. The Kier molecular flexibility index (Phi) is 3.59. The lowest BCUT2D eigenvalue weighted by atomic mass is 9.92. The van der Waals surface area contributed by atoms with Gasteiger partial charge in [0, 0.05) is 5.56 Å². The summed E-state index contributed by atoms with van der Waals surface area (Å²) in [4.78, 5) is 11.2. The van der Waals surface area contributed by atoms with E-state index in [1.165, 1.54) is 11.6 Å². The number of aromatic hydroxyl groups is 2. The first-order chi connectivity index (χ1) is 10.6. The van der Waals surface area contributed by atoms with Crippen LogP contribution in [-0.4, -0.2) is 23.1 Å². The molecule has 1 aliphatic heterocycles.